The molecule has 3 nitrogen and oxygen atoms in total. The summed E-state index contributed by atoms with van der Waals surface area (Å²) in [6.45, 7) is 4.69. The van der Waals surface area contributed by atoms with Crippen molar-refractivity contribution in [2.24, 2.45) is 0 Å². The number of hydrogen-bond acceptors (Lipinski definition) is 3. The summed E-state index contributed by atoms with van der Waals surface area (Å²) >= 11 is 1.75. The van der Waals surface area contributed by atoms with Gasteiger partial charge < -0.3 is 4.90 Å². The Hall–Kier alpha value is -1.00. The zero-order valence-corrected chi connectivity index (χ0v) is 13.4. The van der Waals surface area contributed by atoms with E-state index in [1.807, 2.05) is 18.9 Å². The molecule has 0 bridgehead atoms. The summed E-state index contributed by atoms with van der Waals surface area (Å²) in [5.41, 5.74) is 1.26. The average molecular weight is 292 g/mol. The molecule has 4 heteroatoms. The van der Waals surface area contributed by atoms with Crippen molar-refractivity contribution >= 4 is 17.7 Å². The molecule has 1 unspecified atom stereocenters. The van der Waals surface area contributed by atoms with Crippen molar-refractivity contribution in [2.45, 2.75) is 37.2 Å². The molecule has 110 valence electrons. The Morgan fingerprint density at radius 2 is 1.90 bits per heavy atom. The van der Waals surface area contributed by atoms with Crippen molar-refractivity contribution in [3.8, 4) is 0 Å². The van der Waals surface area contributed by atoms with Crippen LogP contribution in [0.4, 0.5) is 0 Å². The van der Waals surface area contributed by atoms with E-state index < -0.39 is 0 Å². The highest BCUT2D eigenvalue weighted by molar-refractivity contribution is 7.98. The highest BCUT2D eigenvalue weighted by Gasteiger charge is 2.25. The van der Waals surface area contributed by atoms with E-state index in [9.17, 15) is 4.79 Å². The van der Waals surface area contributed by atoms with Gasteiger partial charge in [0.05, 0.1) is 6.04 Å². The second-order valence-electron chi connectivity index (χ2n) is 5.47. The number of nitrogens with zero attached hydrogens (tertiary/aromatic N) is 2. The number of carbonyl (C=O) groups is 1. The van der Waals surface area contributed by atoms with E-state index >= 15 is 0 Å². The van der Waals surface area contributed by atoms with Gasteiger partial charge in [-0.3, -0.25) is 9.69 Å². The molecule has 1 saturated heterocycles. The van der Waals surface area contributed by atoms with Crippen LogP contribution in [0, 0.1) is 0 Å². The normalized spacial score (nSPS) is 16.7. The minimum absolute atomic E-state index is 0.0478. The van der Waals surface area contributed by atoms with Crippen molar-refractivity contribution in [1.82, 2.24) is 9.80 Å². The van der Waals surface area contributed by atoms with Gasteiger partial charge in [0.25, 0.3) is 0 Å². The van der Waals surface area contributed by atoms with Crippen LogP contribution in [0.3, 0.4) is 0 Å². The molecule has 0 saturated carbocycles. The topological polar surface area (TPSA) is 23.6 Å². The lowest BCUT2D eigenvalue weighted by Crippen LogP contribution is -2.44. The van der Waals surface area contributed by atoms with Gasteiger partial charge in [0.1, 0.15) is 0 Å². The second-order valence-corrected chi connectivity index (χ2v) is 6.35. The molecule has 20 heavy (non-hydrogen) atoms. The number of hydrogen-bond donors (Lipinski definition) is 0. The zero-order valence-electron chi connectivity index (χ0n) is 12.6. The highest BCUT2D eigenvalue weighted by atomic mass is 32.2. The summed E-state index contributed by atoms with van der Waals surface area (Å²) in [6, 6.07) is 8.53. The second kappa shape index (κ2) is 7.14. The lowest BCUT2D eigenvalue weighted by Gasteiger charge is -2.28. The molecule has 2 rings (SSSR count). The fraction of sp³-hybridized carbons (Fsp3) is 0.562. The fourth-order valence-electron chi connectivity index (χ4n) is 2.55. The first-order valence-electron chi connectivity index (χ1n) is 7.24. The van der Waals surface area contributed by atoms with Crippen LogP contribution in [-0.4, -0.2) is 48.1 Å². The summed E-state index contributed by atoms with van der Waals surface area (Å²) in [4.78, 5) is 17.8. The van der Waals surface area contributed by atoms with Crippen LogP contribution in [0.5, 0.6) is 0 Å². The van der Waals surface area contributed by atoms with Crippen molar-refractivity contribution in [3.63, 3.8) is 0 Å². The number of carbonyl (C=O) groups excluding carboxylic acids is 1. The molecule has 1 heterocycles. The lowest BCUT2D eigenvalue weighted by molar-refractivity contribution is -0.135. The maximum atomic E-state index is 12.4. The van der Waals surface area contributed by atoms with Crippen LogP contribution in [0.2, 0.25) is 0 Å². The Morgan fingerprint density at radius 1 is 1.30 bits per heavy atom. The first-order valence-corrected chi connectivity index (χ1v) is 8.46. The van der Waals surface area contributed by atoms with Gasteiger partial charge in [-0.1, -0.05) is 12.1 Å². The van der Waals surface area contributed by atoms with Crippen molar-refractivity contribution in [3.05, 3.63) is 29.8 Å². The summed E-state index contributed by atoms with van der Waals surface area (Å²) < 4.78 is 0. The van der Waals surface area contributed by atoms with E-state index in [1.54, 1.807) is 11.8 Å². The zero-order chi connectivity index (χ0) is 14.5. The molecule has 1 amide bonds. The molecular weight excluding hydrogens is 268 g/mol. The van der Waals surface area contributed by atoms with Crippen LogP contribution < -0.4 is 0 Å². The van der Waals surface area contributed by atoms with Crippen LogP contribution in [-0.2, 0) is 11.3 Å². The summed E-state index contributed by atoms with van der Waals surface area (Å²) in [5.74, 6) is 0.269. The Morgan fingerprint density at radius 3 is 2.45 bits per heavy atom. The van der Waals surface area contributed by atoms with Gasteiger partial charge in [0, 0.05) is 24.5 Å². The maximum absolute atomic E-state index is 12.4. The van der Waals surface area contributed by atoms with E-state index in [0.29, 0.717) is 0 Å². The summed E-state index contributed by atoms with van der Waals surface area (Å²) in [6.07, 6.45) is 4.38. The van der Waals surface area contributed by atoms with Crippen LogP contribution in [0.15, 0.2) is 29.2 Å². The Labute approximate surface area is 126 Å². The van der Waals surface area contributed by atoms with Crippen LogP contribution in [0.1, 0.15) is 25.3 Å². The lowest BCUT2D eigenvalue weighted by atomic mass is 10.2. The number of likely N-dealkylation sites (tertiary alicyclic amines) is 1. The van der Waals surface area contributed by atoms with Gasteiger partial charge in [0.2, 0.25) is 5.91 Å². The van der Waals surface area contributed by atoms with Gasteiger partial charge >= 0.3 is 0 Å². The Bertz CT molecular complexity index is 440. The molecular formula is C16H24N2OS. The summed E-state index contributed by atoms with van der Waals surface area (Å²) in [7, 11) is 2.03. The highest BCUT2D eigenvalue weighted by Crippen LogP contribution is 2.17. The van der Waals surface area contributed by atoms with Gasteiger partial charge in [-0.15, -0.1) is 11.8 Å². The minimum atomic E-state index is -0.0478. The third-order valence-electron chi connectivity index (χ3n) is 4.03. The number of likely N-dealkylation sites (N-methyl/N-ethyl adjacent to an activating group) is 1. The molecule has 1 atom stereocenters. The molecule has 1 fully saturated rings. The molecule has 0 radical (unpaired) electrons. The van der Waals surface area contributed by atoms with Gasteiger partial charge in [0.15, 0.2) is 0 Å². The predicted molar refractivity (Wildman–Crippen MR) is 85.0 cm³/mol. The van der Waals surface area contributed by atoms with Crippen LogP contribution in [0.25, 0.3) is 0 Å². The molecule has 0 aliphatic carbocycles. The fourth-order valence-corrected chi connectivity index (χ4v) is 2.95. The SMILES string of the molecule is CSc1ccc(CN(C)C(C)C(=O)N2CCCC2)cc1. The molecule has 1 aliphatic rings. The van der Waals surface area contributed by atoms with E-state index in [1.165, 1.54) is 10.5 Å². The first-order chi connectivity index (χ1) is 9.61. The Balaban J connectivity index is 1.92. The number of benzene rings is 1. The summed E-state index contributed by atoms with van der Waals surface area (Å²) in [5, 5.41) is 0. The van der Waals surface area contributed by atoms with E-state index in [0.717, 1.165) is 32.5 Å². The number of thioether (sulfide) groups is 1. The average Bonchev–Trinajstić information content (AvgIpc) is 3.00. The van der Waals surface area contributed by atoms with E-state index in [-0.39, 0.29) is 11.9 Å². The minimum Gasteiger partial charge on any atom is -0.341 e. The standard InChI is InChI=1S/C16H24N2OS/c1-13(16(19)18-10-4-5-11-18)17(2)12-14-6-8-15(20-3)9-7-14/h6-9,13H,4-5,10-12H2,1-3H3. The smallest absolute Gasteiger partial charge is 0.239 e. The van der Waals surface area contributed by atoms with Gasteiger partial charge in [-0.05, 0) is 50.8 Å². The molecule has 1 aromatic carbocycles. The number of amides is 1. The predicted octanol–water partition coefficient (Wildman–Crippen LogP) is 2.85. The van der Waals surface area contributed by atoms with E-state index in [4.69, 9.17) is 0 Å². The molecule has 0 spiro atoms. The quantitative estimate of drug-likeness (QED) is 0.780. The molecule has 0 aromatic heterocycles. The maximum Gasteiger partial charge on any atom is 0.239 e. The third kappa shape index (κ3) is 3.76. The first kappa shape index (κ1) is 15.4. The van der Waals surface area contributed by atoms with E-state index in [2.05, 4.69) is 35.4 Å². The monoisotopic (exact) mass is 292 g/mol. The Kier molecular flexibility index (Phi) is 5.49. The molecule has 0 N–H and O–H groups in total. The number of rotatable bonds is 5. The largest absolute Gasteiger partial charge is 0.341 e. The van der Waals surface area contributed by atoms with Gasteiger partial charge in [-0.25, -0.2) is 0 Å². The van der Waals surface area contributed by atoms with Crippen molar-refractivity contribution in [1.29, 1.82) is 0 Å². The van der Waals surface area contributed by atoms with Crippen molar-refractivity contribution in [2.75, 3.05) is 26.4 Å². The molecule has 1 aliphatic heterocycles. The van der Waals surface area contributed by atoms with Crippen molar-refractivity contribution < 1.29 is 4.79 Å². The van der Waals surface area contributed by atoms with Crippen LogP contribution >= 0.6 is 11.8 Å². The van der Waals surface area contributed by atoms with Gasteiger partial charge in [-0.2, -0.15) is 0 Å². The third-order valence-corrected chi connectivity index (χ3v) is 4.77. The molecule has 1 aromatic rings.